The van der Waals surface area contributed by atoms with Crippen molar-refractivity contribution in [3.05, 3.63) is 35.5 Å². The molecule has 4 heterocycles. The molecule has 0 radical (unpaired) electrons. The van der Waals surface area contributed by atoms with E-state index in [1.807, 2.05) is 4.90 Å². The number of methoxy groups -OCH3 is 1. The number of hydrogen-bond donors (Lipinski definition) is 1. The van der Waals surface area contributed by atoms with Crippen molar-refractivity contribution >= 4 is 11.7 Å². The fourth-order valence-corrected chi connectivity index (χ4v) is 3.93. The summed E-state index contributed by atoms with van der Waals surface area (Å²) in [5.74, 6) is 1.57. The summed E-state index contributed by atoms with van der Waals surface area (Å²) < 4.78 is 5.31. The van der Waals surface area contributed by atoms with Crippen molar-refractivity contribution in [2.75, 3.05) is 44.8 Å². The van der Waals surface area contributed by atoms with Gasteiger partial charge in [0.25, 0.3) is 5.91 Å². The first-order valence-electron chi connectivity index (χ1n) is 9.11. The summed E-state index contributed by atoms with van der Waals surface area (Å²) in [4.78, 5) is 25.9. The zero-order valence-corrected chi connectivity index (χ0v) is 15.0. The molecule has 1 atom stereocenters. The minimum atomic E-state index is -0.00820. The minimum Gasteiger partial charge on any atom is -0.384 e. The van der Waals surface area contributed by atoms with E-state index in [1.54, 1.807) is 25.7 Å². The number of fused-ring (bicyclic) bond motifs is 1. The molecule has 26 heavy (non-hydrogen) atoms. The number of H-pyrrole nitrogens is 1. The molecule has 2 aliphatic heterocycles. The molecule has 2 aromatic heterocycles. The fraction of sp³-hybridized carbons (Fsp3) is 0.556. The van der Waals surface area contributed by atoms with Gasteiger partial charge in [0.1, 0.15) is 17.8 Å². The normalized spacial score (nSPS) is 20.1. The van der Waals surface area contributed by atoms with Crippen molar-refractivity contribution < 1.29 is 9.53 Å². The number of hydrogen-bond acceptors (Lipinski definition) is 6. The van der Waals surface area contributed by atoms with E-state index < -0.39 is 0 Å². The van der Waals surface area contributed by atoms with Gasteiger partial charge in [0, 0.05) is 57.4 Å². The van der Waals surface area contributed by atoms with Crippen molar-refractivity contribution in [1.29, 1.82) is 0 Å². The number of anilines is 1. The quantitative estimate of drug-likeness (QED) is 0.876. The highest BCUT2D eigenvalue weighted by molar-refractivity contribution is 5.92. The first kappa shape index (κ1) is 17.0. The van der Waals surface area contributed by atoms with Gasteiger partial charge in [-0.2, -0.15) is 5.10 Å². The molecular formula is C18H24N6O2. The van der Waals surface area contributed by atoms with Crippen molar-refractivity contribution in [3.63, 3.8) is 0 Å². The van der Waals surface area contributed by atoms with Crippen LogP contribution in [-0.2, 0) is 17.6 Å². The molecule has 1 fully saturated rings. The number of aromatic amines is 1. The van der Waals surface area contributed by atoms with E-state index in [-0.39, 0.29) is 5.91 Å². The second-order valence-electron chi connectivity index (χ2n) is 6.94. The Morgan fingerprint density at radius 2 is 2.19 bits per heavy atom. The van der Waals surface area contributed by atoms with Gasteiger partial charge in [-0.05, 0) is 18.9 Å². The maximum Gasteiger partial charge on any atom is 0.271 e. The molecule has 0 bridgehead atoms. The average molecular weight is 356 g/mol. The van der Waals surface area contributed by atoms with Crippen molar-refractivity contribution in [3.8, 4) is 0 Å². The number of nitrogens with zero attached hydrogens (tertiary/aromatic N) is 5. The molecule has 4 rings (SSSR count). The van der Waals surface area contributed by atoms with Crippen molar-refractivity contribution in [2.45, 2.75) is 19.3 Å². The molecule has 8 nitrogen and oxygen atoms in total. The highest BCUT2D eigenvalue weighted by atomic mass is 16.5. The van der Waals surface area contributed by atoms with Crippen LogP contribution in [0.1, 0.15) is 28.2 Å². The van der Waals surface area contributed by atoms with Crippen molar-refractivity contribution in [1.82, 2.24) is 25.1 Å². The Kier molecular flexibility index (Phi) is 4.83. The van der Waals surface area contributed by atoms with Gasteiger partial charge in [0.2, 0.25) is 0 Å². The lowest BCUT2D eigenvalue weighted by Gasteiger charge is -2.22. The number of carbonyl (C=O) groups is 1. The van der Waals surface area contributed by atoms with Gasteiger partial charge in [-0.1, -0.05) is 0 Å². The second kappa shape index (κ2) is 7.41. The lowest BCUT2D eigenvalue weighted by molar-refractivity contribution is 0.0757. The Morgan fingerprint density at radius 1 is 1.31 bits per heavy atom. The predicted molar refractivity (Wildman–Crippen MR) is 96.1 cm³/mol. The van der Waals surface area contributed by atoms with Gasteiger partial charge in [-0.25, -0.2) is 9.97 Å². The van der Waals surface area contributed by atoms with E-state index in [0.29, 0.717) is 24.7 Å². The number of ether oxygens (including phenoxy) is 1. The number of carbonyl (C=O) groups excluding carboxylic acids is 1. The maximum atomic E-state index is 12.6. The van der Waals surface area contributed by atoms with Crippen LogP contribution in [-0.4, -0.2) is 70.9 Å². The molecule has 0 unspecified atom stereocenters. The number of rotatable bonds is 4. The highest BCUT2D eigenvalue weighted by Crippen LogP contribution is 2.28. The van der Waals surface area contributed by atoms with Crippen LogP contribution in [0.25, 0.3) is 0 Å². The Hall–Kier alpha value is -2.48. The van der Waals surface area contributed by atoms with E-state index in [9.17, 15) is 4.79 Å². The first-order valence-corrected chi connectivity index (χ1v) is 9.11. The third-order valence-electron chi connectivity index (χ3n) is 5.27. The number of aromatic nitrogens is 4. The van der Waals surface area contributed by atoms with Gasteiger partial charge in [0.15, 0.2) is 0 Å². The largest absolute Gasteiger partial charge is 0.384 e. The third-order valence-corrected chi connectivity index (χ3v) is 5.27. The maximum absolute atomic E-state index is 12.6. The summed E-state index contributed by atoms with van der Waals surface area (Å²) in [6.45, 7) is 4.08. The van der Waals surface area contributed by atoms with E-state index in [0.717, 1.165) is 50.5 Å². The van der Waals surface area contributed by atoms with Crippen LogP contribution < -0.4 is 4.90 Å². The topological polar surface area (TPSA) is 87.2 Å². The molecule has 0 aliphatic carbocycles. The zero-order valence-electron chi connectivity index (χ0n) is 15.0. The SMILES string of the molecule is COC[C@H]1CCN(c2ncnc3c2CCN(C(=O)c2ccn[nH]2)CC3)C1. The third kappa shape index (κ3) is 3.29. The lowest BCUT2D eigenvalue weighted by atomic mass is 10.1. The molecule has 0 saturated carbocycles. The van der Waals surface area contributed by atoms with E-state index in [4.69, 9.17) is 4.74 Å². The summed E-state index contributed by atoms with van der Waals surface area (Å²) >= 11 is 0. The molecular weight excluding hydrogens is 332 g/mol. The number of nitrogens with one attached hydrogen (secondary N) is 1. The second-order valence-corrected chi connectivity index (χ2v) is 6.94. The monoisotopic (exact) mass is 356 g/mol. The average Bonchev–Trinajstić information content (AvgIpc) is 3.30. The molecule has 8 heteroatoms. The molecule has 0 spiro atoms. The van der Waals surface area contributed by atoms with Crippen LogP contribution in [0.15, 0.2) is 18.6 Å². The molecule has 2 aliphatic rings. The fourth-order valence-electron chi connectivity index (χ4n) is 3.93. The van der Waals surface area contributed by atoms with Crippen LogP contribution in [0.3, 0.4) is 0 Å². The Morgan fingerprint density at radius 3 is 3.00 bits per heavy atom. The Labute approximate surface area is 152 Å². The zero-order chi connectivity index (χ0) is 17.9. The molecule has 1 saturated heterocycles. The van der Waals surface area contributed by atoms with Gasteiger partial charge in [0.05, 0.1) is 12.3 Å². The summed E-state index contributed by atoms with van der Waals surface area (Å²) in [5.41, 5.74) is 2.78. The van der Waals surface area contributed by atoms with E-state index in [1.165, 1.54) is 5.56 Å². The molecule has 138 valence electrons. The summed E-state index contributed by atoms with van der Waals surface area (Å²) in [5, 5.41) is 6.64. The molecule has 1 N–H and O–H groups in total. The minimum absolute atomic E-state index is 0.00820. The lowest BCUT2D eigenvalue weighted by Crippen LogP contribution is -2.33. The first-order chi connectivity index (χ1) is 12.8. The summed E-state index contributed by atoms with van der Waals surface area (Å²) in [6, 6.07) is 1.71. The number of amides is 1. The van der Waals surface area contributed by atoms with Gasteiger partial charge < -0.3 is 14.5 Å². The Balaban J connectivity index is 1.51. The van der Waals surface area contributed by atoms with Gasteiger partial charge in [-0.3, -0.25) is 9.89 Å². The standard InChI is InChI=1S/C18H24N6O2/c1-26-11-13-3-7-24(10-13)17-14-4-8-23(9-5-15(14)19-12-20-17)18(25)16-2-6-21-22-16/h2,6,12-13H,3-5,7-11H2,1H3,(H,21,22)/t13-/m0/s1. The van der Waals surface area contributed by atoms with Crippen LogP contribution in [0.2, 0.25) is 0 Å². The molecule has 2 aromatic rings. The summed E-state index contributed by atoms with van der Waals surface area (Å²) in [6.07, 6.45) is 5.91. The van der Waals surface area contributed by atoms with Gasteiger partial charge in [-0.15, -0.1) is 0 Å². The van der Waals surface area contributed by atoms with Crippen LogP contribution in [0.5, 0.6) is 0 Å². The van der Waals surface area contributed by atoms with E-state index >= 15 is 0 Å². The molecule has 1 amide bonds. The van der Waals surface area contributed by atoms with E-state index in [2.05, 4.69) is 25.1 Å². The van der Waals surface area contributed by atoms with Crippen LogP contribution in [0.4, 0.5) is 5.82 Å². The smallest absolute Gasteiger partial charge is 0.271 e. The van der Waals surface area contributed by atoms with Crippen LogP contribution in [0, 0.1) is 5.92 Å². The predicted octanol–water partition coefficient (Wildman–Crippen LogP) is 0.913. The van der Waals surface area contributed by atoms with Crippen LogP contribution >= 0.6 is 0 Å². The highest BCUT2D eigenvalue weighted by Gasteiger charge is 2.28. The van der Waals surface area contributed by atoms with Gasteiger partial charge >= 0.3 is 0 Å². The summed E-state index contributed by atoms with van der Waals surface area (Å²) in [7, 11) is 1.75. The molecule has 0 aromatic carbocycles. The van der Waals surface area contributed by atoms with Crippen molar-refractivity contribution in [2.24, 2.45) is 5.92 Å². The Bertz CT molecular complexity index is 763.